The largest absolute Gasteiger partial charge is 0.369 e. The summed E-state index contributed by atoms with van der Waals surface area (Å²) < 4.78 is 0. The van der Waals surface area contributed by atoms with E-state index < -0.39 is 0 Å². The Balaban J connectivity index is 2.28. The van der Waals surface area contributed by atoms with Gasteiger partial charge in [-0.3, -0.25) is 0 Å². The summed E-state index contributed by atoms with van der Waals surface area (Å²) in [4.78, 5) is 17.6. The molecular weight excluding hydrogens is 198 g/mol. The maximum atomic E-state index is 11.1. The van der Waals surface area contributed by atoms with Crippen LogP contribution in [0.5, 0.6) is 0 Å². The summed E-state index contributed by atoms with van der Waals surface area (Å²) in [5.74, 6) is 0. The topological polar surface area (TPSA) is 44.7 Å². The van der Waals surface area contributed by atoms with Crippen molar-refractivity contribution in [2.75, 3.05) is 14.1 Å². The minimum atomic E-state index is -0.313. The lowest BCUT2D eigenvalue weighted by Gasteiger charge is -2.02. The Hall–Kier alpha value is -1.36. The van der Waals surface area contributed by atoms with Crippen molar-refractivity contribution >= 4 is 23.7 Å². The highest BCUT2D eigenvalue weighted by Crippen LogP contribution is 2.07. The molecule has 5 heteroatoms. The average molecular weight is 211 g/mol. The first-order valence-electron chi connectivity index (χ1n) is 4.19. The zero-order chi connectivity index (χ0) is 10.4. The molecule has 0 atom stereocenters. The Labute approximate surface area is 87.3 Å². The summed E-state index contributed by atoms with van der Waals surface area (Å²) in [6, 6.07) is 3.61. The van der Waals surface area contributed by atoms with Crippen LogP contribution in [0.25, 0.3) is 0 Å². The number of hydrogen-bond acceptors (Lipinski definition) is 2. The van der Waals surface area contributed by atoms with E-state index in [9.17, 15) is 4.79 Å². The molecule has 1 aromatic heterocycles. The van der Waals surface area contributed by atoms with Crippen LogP contribution < -0.4 is 5.32 Å². The zero-order valence-corrected chi connectivity index (χ0v) is 9.04. The molecule has 0 aromatic carbocycles. The van der Waals surface area contributed by atoms with E-state index in [1.807, 2.05) is 31.6 Å². The number of thiophene rings is 1. The second-order valence-electron chi connectivity index (χ2n) is 2.95. The molecule has 0 aliphatic rings. The van der Waals surface area contributed by atoms with Crippen LogP contribution in [0.1, 0.15) is 4.88 Å². The van der Waals surface area contributed by atoms with Crippen molar-refractivity contribution in [3.05, 3.63) is 22.4 Å². The fourth-order valence-corrected chi connectivity index (χ4v) is 1.43. The highest BCUT2D eigenvalue weighted by atomic mass is 32.1. The van der Waals surface area contributed by atoms with Gasteiger partial charge < -0.3 is 10.2 Å². The zero-order valence-electron chi connectivity index (χ0n) is 8.23. The molecule has 0 spiro atoms. The van der Waals surface area contributed by atoms with Crippen LogP contribution in [-0.4, -0.2) is 31.4 Å². The highest BCUT2D eigenvalue weighted by molar-refractivity contribution is 7.09. The molecule has 1 aromatic rings. The molecular formula is C9H13N3OS. The number of hydrogen-bond donors (Lipinski definition) is 1. The Morgan fingerprint density at radius 1 is 1.71 bits per heavy atom. The highest BCUT2D eigenvalue weighted by Gasteiger charge is 1.97. The molecule has 0 saturated carbocycles. The predicted octanol–water partition coefficient (Wildman–Crippen LogP) is 1.55. The maximum absolute atomic E-state index is 11.1. The van der Waals surface area contributed by atoms with E-state index in [1.54, 1.807) is 16.2 Å². The van der Waals surface area contributed by atoms with E-state index in [4.69, 9.17) is 0 Å². The molecule has 0 radical (unpaired) electrons. The normalized spacial score (nSPS) is 10.4. The smallest absolute Gasteiger partial charge is 0.342 e. The minimum absolute atomic E-state index is 0.313. The number of aliphatic imine (C=N–C) groups is 1. The van der Waals surface area contributed by atoms with E-state index in [0.29, 0.717) is 6.54 Å². The predicted molar refractivity (Wildman–Crippen MR) is 58.7 cm³/mol. The molecule has 0 bridgehead atoms. The Morgan fingerprint density at radius 2 is 2.50 bits per heavy atom. The number of rotatable bonds is 3. The average Bonchev–Trinajstić information content (AvgIpc) is 2.63. The first kappa shape index (κ1) is 10.7. The third-order valence-corrected chi connectivity index (χ3v) is 2.28. The third kappa shape index (κ3) is 4.04. The number of carbonyl (C=O) groups is 1. The SMILES string of the molecule is CN(C)C=NC(=O)NCc1cccs1. The Kier molecular flexibility index (Phi) is 4.12. The van der Waals surface area contributed by atoms with E-state index in [0.717, 1.165) is 4.88 Å². The van der Waals surface area contributed by atoms with Crippen molar-refractivity contribution in [2.45, 2.75) is 6.54 Å². The van der Waals surface area contributed by atoms with Gasteiger partial charge in [-0.2, -0.15) is 4.99 Å². The Bertz CT molecular complexity index is 306. The lowest BCUT2D eigenvalue weighted by Crippen LogP contribution is -2.20. The summed E-state index contributed by atoms with van der Waals surface area (Å²) in [6.45, 7) is 0.543. The van der Waals surface area contributed by atoms with E-state index in [-0.39, 0.29) is 6.03 Å². The standard InChI is InChI=1S/C9H13N3OS/c1-12(2)7-11-9(13)10-6-8-4-3-5-14-8/h3-5,7H,6H2,1-2H3,(H,10,13). The summed E-state index contributed by atoms with van der Waals surface area (Å²) in [5, 5.41) is 4.66. The molecule has 0 unspecified atom stereocenters. The van der Waals surface area contributed by atoms with Crippen molar-refractivity contribution in [1.29, 1.82) is 0 Å². The molecule has 1 N–H and O–H groups in total. The minimum Gasteiger partial charge on any atom is -0.369 e. The Morgan fingerprint density at radius 3 is 3.07 bits per heavy atom. The second-order valence-corrected chi connectivity index (χ2v) is 3.98. The van der Waals surface area contributed by atoms with Crippen molar-refractivity contribution in [2.24, 2.45) is 4.99 Å². The first-order chi connectivity index (χ1) is 6.68. The number of nitrogens with one attached hydrogen (secondary N) is 1. The molecule has 1 heterocycles. The van der Waals surface area contributed by atoms with Crippen molar-refractivity contribution in [3.8, 4) is 0 Å². The van der Waals surface area contributed by atoms with E-state index in [2.05, 4.69) is 10.3 Å². The summed E-state index contributed by atoms with van der Waals surface area (Å²) in [5.41, 5.74) is 0. The number of nitrogens with zero attached hydrogens (tertiary/aromatic N) is 2. The van der Waals surface area contributed by atoms with Crippen molar-refractivity contribution in [1.82, 2.24) is 10.2 Å². The molecule has 0 fully saturated rings. The number of amides is 2. The molecule has 1 rings (SSSR count). The molecule has 2 amide bonds. The van der Waals surface area contributed by atoms with Crippen LogP contribution in [0.3, 0.4) is 0 Å². The number of urea groups is 1. The van der Waals surface area contributed by atoms with Crippen LogP contribution in [-0.2, 0) is 6.54 Å². The summed E-state index contributed by atoms with van der Waals surface area (Å²) in [6.07, 6.45) is 1.48. The van der Waals surface area contributed by atoms with Crippen LogP contribution in [0.4, 0.5) is 4.79 Å². The van der Waals surface area contributed by atoms with Crippen molar-refractivity contribution < 1.29 is 4.79 Å². The first-order valence-corrected chi connectivity index (χ1v) is 5.07. The molecule has 0 aliphatic carbocycles. The van der Waals surface area contributed by atoms with Gasteiger partial charge in [0.25, 0.3) is 0 Å². The molecule has 0 aliphatic heterocycles. The van der Waals surface area contributed by atoms with Gasteiger partial charge in [0.15, 0.2) is 0 Å². The van der Waals surface area contributed by atoms with Gasteiger partial charge in [-0.1, -0.05) is 6.07 Å². The fraction of sp³-hybridized carbons (Fsp3) is 0.333. The van der Waals surface area contributed by atoms with Gasteiger partial charge in [-0.15, -0.1) is 11.3 Å². The van der Waals surface area contributed by atoms with Gasteiger partial charge in [-0.25, -0.2) is 4.79 Å². The monoisotopic (exact) mass is 211 g/mol. The van der Waals surface area contributed by atoms with Gasteiger partial charge >= 0.3 is 6.03 Å². The van der Waals surface area contributed by atoms with Crippen LogP contribution in [0, 0.1) is 0 Å². The molecule has 76 valence electrons. The van der Waals surface area contributed by atoms with Crippen LogP contribution >= 0.6 is 11.3 Å². The summed E-state index contributed by atoms with van der Waals surface area (Å²) in [7, 11) is 3.63. The second kappa shape index (κ2) is 5.39. The van der Waals surface area contributed by atoms with Crippen molar-refractivity contribution in [3.63, 3.8) is 0 Å². The van der Waals surface area contributed by atoms with Gasteiger partial charge in [0.2, 0.25) is 0 Å². The lowest BCUT2D eigenvalue weighted by molar-refractivity contribution is 0.249. The van der Waals surface area contributed by atoms with Gasteiger partial charge in [0.1, 0.15) is 0 Å². The van der Waals surface area contributed by atoms with Crippen LogP contribution in [0.15, 0.2) is 22.5 Å². The third-order valence-electron chi connectivity index (χ3n) is 1.40. The number of carbonyl (C=O) groups excluding carboxylic acids is 1. The maximum Gasteiger partial charge on any atom is 0.342 e. The fourth-order valence-electron chi connectivity index (χ4n) is 0.789. The quantitative estimate of drug-likeness (QED) is 0.609. The molecule has 4 nitrogen and oxygen atoms in total. The van der Waals surface area contributed by atoms with E-state index in [1.165, 1.54) is 6.34 Å². The summed E-state index contributed by atoms with van der Waals surface area (Å²) >= 11 is 1.61. The van der Waals surface area contributed by atoms with E-state index >= 15 is 0 Å². The molecule has 14 heavy (non-hydrogen) atoms. The van der Waals surface area contributed by atoms with Crippen LogP contribution in [0.2, 0.25) is 0 Å². The van der Waals surface area contributed by atoms with Gasteiger partial charge in [-0.05, 0) is 11.4 Å². The lowest BCUT2D eigenvalue weighted by atomic mass is 10.5. The van der Waals surface area contributed by atoms with Gasteiger partial charge in [0.05, 0.1) is 12.9 Å². The molecule has 0 saturated heterocycles. The van der Waals surface area contributed by atoms with Gasteiger partial charge in [0, 0.05) is 19.0 Å².